The molecule has 1 aromatic carbocycles. The van der Waals surface area contributed by atoms with Gasteiger partial charge in [0.25, 0.3) is 0 Å². The molecule has 2 rings (SSSR count). The van der Waals surface area contributed by atoms with Gasteiger partial charge in [0.05, 0.1) is 13.0 Å². The maximum absolute atomic E-state index is 11.9. The third-order valence-electron chi connectivity index (χ3n) is 3.26. The van der Waals surface area contributed by atoms with Gasteiger partial charge in [-0.25, -0.2) is 0 Å². The van der Waals surface area contributed by atoms with Crippen LogP contribution in [0.4, 0.5) is 0 Å². The first-order valence-corrected chi connectivity index (χ1v) is 6.99. The van der Waals surface area contributed by atoms with E-state index >= 15 is 0 Å². The Morgan fingerprint density at radius 3 is 2.84 bits per heavy atom. The van der Waals surface area contributed by atoms with Crippen molar-refractivity contribution in [3.05, 3.63) is 29.8 Å². The summed E-state index contributed by atoms with van der Waals surface area (Å²) in [4.78, 5) is 11.9. The molecule has 1 fully saturated rings. The molecule has 0 radical (unpaired) electrons. The SMILES string of the molecule is CCOc1ccc(CC(=O)N[C@H]2CCCNC2)cc1. The van der Waals surface area contributed by atoms with Crippen molar-refractivity contribution in [3.8, 4) is 5.75 Å². The second-order valence-corrected chi connectivity index (χ2v) is 4.86. The normalized spacial score (nSPS) is 18.9. The van der Waals surface area contributed by atoms with Crippen LogP contribution in [0.25, 0.3) is 0 Å². The van der Waals surface area contributed by atoms with Crippen molar-refractivity contribution in [3.63, 3.8) is 0 Å². The monoisotopic (exact) mass is 262 g/mol. The molecule has 1 amide bonds. The standard InChI is InChI=1S/C15H22N2O2/c1-2-19-14-7-5-12(6-8-14)10-15(18)17-13-4-3-9-16-11-13/h5-8,13,16H,2-4,9-11H2,1H3,(H,17,18)/t13-/m0/s1. The summed E-state index contributed by atoms with van der Waals surface area (Å²) < 4.78 is 5.38. The smallest absolute Gasteiger partial charge is 0.224 e. The van der Waals surface area contributed by atoms with Gasteiger partial charge in [0.2, 0.25) is 5.91 Å². The number of piperidine rings is 1. The molecular formula is C15H22N2O2. The molecule has 0 saturated carbocycles. The molecular weight excluding hydrogens is 240 g/mol. The predicted molar refractivity (Wildman–Crippen MR) is 75.3 cm³/mol. The average Bonchev–Trinajstić information content (AvgIpc) is 2.42. The molecule has 4 nitrogen and oxygen atoms in total. The lowest BCUT2D eigenvalue weighted by molar-refractivity contribution is -0.121. The first-order chi connectivity index (χ1) is 9.28. The van der Waals surface area contributed by atoms with E-state index in [1.807, 2.05) is 31.2 Å². The van der Waals surface area contributed by atoms with Crippen LogP contribution in [0.1, 0.15) is 25.3 Å². The molecule has 0 unspecified atom stereocenters. The highest BCUT2D eigenvalue weighted by Gasteiger charge is 2.15. The number of ether oxygens (including phenoxy) is 1. The Balaban J connectivity index is 1.80. The topological polar surface area (TPSA) is 50.4 Å². The zero-order valence-corrected chi connectivity index (χ0v) is 11.4. The van der Waals surface area contributed by atoms with Gasteiger partial charge in [-0.2, -0.15) is 0 Å². The Labute approximate surface area is 114 Å². The van der Waals surface area contributed by atoms with E-state index < -0.39 is 0 Å². The van der Waals surface area contributed by atoms with E-state index in [9.17, 15) is 4.79 Å². The van der Waals surface area contributed by atoms with Gasteiger partial charge in [0, 0.05) is 12.6 Å². The number of hydrogen-bond acceptors (Lipinski definition) is 3. The van der Waals surface area contributed by atoms with Gasteiger partial charge in [-0.05, 0) is 44.0 Å². The summed E-state index contributed by atoms with van der Waals surface area (Å²) >= 11 is 0. The number of carbonyl (C=O) groups is 1. The van der Waals surface area contributed by atoms with Gasteiger partial charge in [-0.1, -0.05) is 12.1 Å². The van der Waals surface area contributed by atoms with E-state index in [2.05, 4.69) is 10.6 Å². The molecule has 19 heavy (non-hydrogen) atoms. The van der Waals surface area contributed by atoms with E-state index in [0.717, 1.165) is 37.2 Å². The Hall–Kier alpha value is -1.55. The molecule has 0 aromatic heterocycles. The fourth-order valence-corrected chi connectivity index (χ4v) is 2.31. The quantitative estimate of drug-likeness (QED) is 0.845. The molecule has 0 aliphatic carbocycles. The summed E-state index contributed by atoms with van der Waals surface area (Å²) in [6, 6.07) is 8.00. The minimum absolute atomic E-state index is 0.0952. The second-order valence-electron chi connectivity index (χ2n) is 4.86. The van der Waals surface area contributed by atoms with Crippen LogP contribution in [0, 0.1) is 0 Å². The van der Waals surface area contributed by atoms with Crippen LogP contribution in [0.5, 0.6) is 5.75 Å². The van der Waals surface area contributed by atoms with Gasteiger partial charge < -0.3 is 15.4 Å². The summed E-state index contributed by atoms with van der Waals surface area (Å²) in [5, 5.41) is 6.37. The van der Waals surface area contributed by atoms with Gasteiger partial charge in [0.15, 0.2) is 0 Å². The maximum atomic E-state index is 11.9. The molecule has 1 aliphatic heterocycles. The zero-order valence-electron chi connectivity index (χ0n) is 11.4. The number of nitrogens with one attached hydrogen (secondary N) is 2. The second kappa shape index (κ2) is 7.14. The van der Waals surface area contributed by atoms with E-state index in [-0.39, 0.29) is 11.9 Å². The van der Waals surface area contributed by atoms with Gasteiger partial charge in [0.1, 0.15) is 5.75 Å². The summed E-state index contributed by atoms with van der Waals surface area (Å²) in [7, 11) is 0. The Morgan fingerprint density at radius 2 is 2.21 bits per heavy atom. The van der Waals surface area contributed by atoms with Crippen molar-refractivity contribution < 1.29 is 9.53 Å². The van der Waals surface area contributed by atoms with Crippen LogP contribution < -0.4 is 15.4 Å². The van der Waals surface area contributed by atoms with Crippen molar-refractivity contribution in [2.45, 2.75) is 32.2 Å². The highest BCUT2D eigenvalue weighted by atomic mass is 16.5. The largest absolute Gasteiger partial charge is 0.494 e. The first kappa shape index (κ1) is 13.9. The molecule has 1 heterocycles. The zero-order chi connectivity index (χ0) is 13.5. The predicted octanol–water partition coefficient (Wildman–Crippen LogP) is 1.50. The molecule has 1 atom stereocenters. The number of amides is 1. The molecule has 104 valence electrons. The van der Waals surface area contributed by atoms with Gasteiger partial charge in [-0.15, -0.1) is 0 Å². The molecule has 1 saturated heterocycles. The van der Waals surface area contributed by atoms with Gasteiger partial charge >= 0.3 is 0 Å². The van der Waals surface area contributed by atoms with Crippen LogP contribution in [0.15, 0.2) is 24.3 Å². The van der Waals surface area contributed by atoms with Crippen LogP contribution in [-0.4, -0.2) is 31.6 Å². The molecule has 1 aromatic rings. The van der Waals surface area contributed by atoms with Crippen LogP contribution >= 0.6 is 0 Å². The van der Waals surface area contributed by atoms with Crippen molar-refractivity contribution in [2.24, 2.45) is 0 Å². The molecule has 0 bridgehead atoms. The summed E-state index contributed by atoms with van der Waals surface area (Å²) in [5.74, 6) is 0.945. The summed E-state index contributed by atoms with van der Waals surface area (Å²) in [5.41, 5.74) is 1.02. The third kappa shape index (κ3) is 4.56. The van der Waals surface area contributed by atoms with Crippen molar-refractivity contribution >= 4 is 5.91 Å². The highest BCUT2D eigenvalue weighted by Crippen LogP contribution is 2.12. The summed E-state index contributed by atoms with van der Waals surface area (Å²) in [6.07, 6.45) is 2.64. The lowest BCUT2D eigenvalue weighted by Crippen LogP contribution is -2.46. The van der Waals surface area contributed by atoms with Crippen LogP contribution in [-0.2, 0) is 11.2 Å². The van der Waals surface area contributed by atoms with Crippen molar-refractivity contribution in [1.29, 1.82) is 0 Å². The third-order valence-corrected chi connectivity index (χ3v) is 3.26. The minimum atomic E-state index is 0.0952. The maximum Gasteiger partial charge on any atom is 0.224 e. The number of benzene rings is 1. The fraction of sp³-hybridized carbons (Fsp3) is 0.533. The fourth-order valence-electron chi connectivity index (χ4n) is 2.31. The Bertz CT molecular complexity index is 397. The number of hydrogen-bond donors (Lipinski definition) is 2. The Morgan fingerprint density at radius 1 is 1.42 bits per heavy atom. The summed E-state index contributed by atoms with van der Waals surface area (Å²) in [6.45, 7) is 4.56. The highest BCUT2D eigenvalue weighted by molar-refractivity contribution is 5.78. The average molecular weight is 262 g/mol. The minimum Gasteiger partial charge on any atom is -0.494 e. The lowest BCUT2D eigenvalue weighted by Gasteiger charge is -2.23. The number of rotatable bonds is 5. The van der Waals surface area contributed by atoms with Crippen molar-refractivity contribution in [1.82, 2.24) is 10.6 Å². The molecule has 1 aliphatic rings. The van der Waals surface area contributed by atoms with Crippen molar-refractivity contribution in [2.75, 3.05) is 19.7 Å². The first-order valence-electron chi connectivity index (χ1n) is 6.99. The van der Waals surface area contributed by atoms with Crippen LogP contribution in [0.2, 0.25) is 0 Å². The number of carbonyl (C=O) groups excluding carboxylic acids is 1. The molecule has 2 N–H and O–H groups in total. The lowest BCUT2D eigenvalue weighted by atomic mass is 10.1. The Kier molecular flexibility index (Phi) is 5.21. The van der Waals surface area contributed by atoms with Crippen LogP contribution in [0.3, 0.4) is 0 Å². The van der Waals surface area contributed by atoms with Gasteiger partial charge in [-0.3, -0.25) is 4.79 Å². The molecule has 0 spiro atoms. The van der Waals surface area contributed by atoms with E-state index in [0.29, 0.717) is 13.0 Å². The molecule has 4 heteroatoms. The van der Waals surface area contributed by atoms with E-state index in [4.69, 9.17) is 4.74 Å². The van der Waals surface area contributed by atoms with E-state index in [1.54, 1.807) is 0 Å². The van der Waals surface area contributed by atoms with E-state index in [1.165, 1.54) is 0 Å².